The highest BCUT2D eigenvalue weighted by Crippen LogP contribution is 2.29. The molecule has 0 aliphatic rings. The molecule has 1 heterocycles. The van der Waals surface area contributed by atoms with Crippen LogP contribution in [0.25, 0.3) is 0 Å². The lowest BCUT2D eigenvalue weighted by Crippen LogP contribution is -2.24. The minimum Gasteiger partial charge on any atom is -0.497 e. The summed E-state index contributed by atoms with van der Waals surface area (Å²) in [7, 11) is 3.10. The van der Waals surface area contributed by atoms with Crippen molar-refractivity contribution in [2.24, 2.45) is 0 Å². The van der Waals surface area contributed by atoms with Crippen LogP contribution >= 0.6 is 0 Å². The molecule has 2 N–H and O–H groups in total. The van der Waals surface area contributed by atoms with E-state index in [2.05, 4.69) is 25.9 Å². The van der Waals surface area contributed by atoms with Crippen molar-refractivity contribution in [3.8, 4) is 11.5 Å². The standard InChI is InChI=1S/C18H18FN5O3/c1-26-14-8-3-11(16(10-14)27-2)9-15(17-21-23-24-22-17)18(25)20-13-6-4-12(19)5-7-13/h3-8,10,15H,9H2,1-2H3,(H,20,25)(H,21,22,23,24)/t15-/m0/s1. The highest BCUT2D eigenvalue weighted by Gasteiger charge is 2.27. The van der Waals surface area contributed by atoms with Crippen molar-refractivity contribution in [2.75, 3.05) is 19.5 Å². The third kappa shape index (κ3) is 4.38. The number of rotatable bonds is 7. The van der Waals surface area contributed by atoms with E-state index in [9.17, 15) is 9.18 Å². The highest BCUT2D eigenvalue weighted by molar-refractivity contribution is 5.95. The van der Waals surface area contributed by atoms with Crippen LogP contribution in [0.3, 0.4) is 0 Å². The van der Waals surface area contributed by atoms with Crippen LogP contribution in [-0.4, -0.2) is 40.8 Å². The number of aromatic amines is 1. The molecule has 1 amide bonds. The van der Waals surface area contributed by atoms with Crippen molar-refractivity contribution in [1.29, 1.82) is 0 Å². The molecular formula is C18H18FN5O3. The van der Waals surface area contributed by atoms with Crippen molar-refractivity contribution in [3.05, 3.63) is 59.7 Å². The Bertz CT molecular complexity index is 900. The van der Waals surface area contributed by atoms with Crippen molar-refractivity contribution >= 4 is 11.6 Å². The summed E-state index contributed by atoms with van der Waals surface area (Å²) in [5.41, 5.74) is 1.25. The molecule has 27 heavy (non-hydrogen) atoms. The van der Waals surface area contributed by atoms with Crippen molar-refractivity contribution < 1.29 is 18.7 Å². The number of nitrogens with zero attached hydrogens (tertiary/aromatic N) is 3. The molecule has 2 aromatic carbocycles. The second-order valence-electron chi connectivity index (χ2n) is 5.70. The second-order valence-corrected chi connectivity index (χ2v) is 5.70. The average molecular weight is 371 g/mol. The third-order valence-corrected chi connectivity index (χ3v) is 4.02. The van der Waals surface area contributed by atoms with Gasteiger partial charge in [-0.15, -0.1) is 10.2 Å². The third-order valence-electron chi connectivity index (χ3n) is 4.02. The van der Waals surface area contributed by atoms with Crippen LogP contribution in [0, 0.1) is 5.82 Å². The summed E-state index contributed by atoms with van der Waals surface area (Å²) in [5, 5.41) is 16.5. The number of benzene rings is 2. The number of aromatic nitrogens is 4. The molecule has 9 heteroatoms. The van der Waals surface area contributed by atoms with E-state index >= 15 is 0 Å². The van der Waals surface area contributed by atoms with E-state index in [1.165, 1.54) is 24.3 Å². The van der Waals surface area contributed by atoms with Crippen molar-refractivity contribution in [2.45, 2.75) is 12.3 Å². The summed E-state index contributed by atoms with van der Waals surface area (Å²) < 4.78 is 23.7. The number of amides is 1. The highest BCUT2D eigenvalue weighted by atomic mass is 19.1. The van der Waals surface area contributed by atoms with E-state index in [-0.39, 0.29) is 24.0 Å². The molecule has 1 aromatic heterocycles. The number of carbonyl (C=O) groups is 1. The van der Waals surface area contributed by atoms with Crippen LogP contribution in [0.5, 0.6) is 11.5 Å². The number of H-pyrrole nitrogens is 1. The lowest BCUT2D eigenvalue weighted by molar-refractivity contribution is -0.117. The molecule has 0 saturated heterocycles. The number of hydrogen-bond donors (Lipinski definition) is 2. The number of tetrazole rings is 1. The Morgan fingerprint density at radius 1 is 1.19 bits per heavy atom. The lowest BCUT2D eigenvalue weighted by atomic mass is 9.96. The van der Waals surface area contributed by atoms with Crippen LogP contribution in [0.15, 0.2) is 42.5 Å². The molecule has 3 rings (SSSR count). The number of nitrogens with one attached hydrogen (secondary N) is 2. The smallest absolute Gasteiger partial charge is 0.235 e. The topological polar surface area (TPSA) is 102 Å². The van der Waals surface area contributed by atoms with Gasteiger partial charge in [0, 0.05) is 11.8 Å². The molecule has 8 nitrogen and oxygen atoms in total. The van der Waals surface area contributed by atoms with Gasteiger partial charge in [0.1, 0.15) is 23.2 Å². The second kappa shape index (κ2) is 8.26. The number of halogens is 1. The number of ether oxygens (including phenoxy) is 2. The van der Waals surface area contributed by atoms with E-state index in [1.54, 1.807) is 26.4 Å². The Hall–Kier alpha value is -3.49. The Labute approximate surface area is 154 Å². The predicted octanol–water partition coefficient (Wildman–Crippen LogP) is 2.32. The number of hydrogen-bond acceptors (Lipinski definition) is 6. The number of anilines is 1. The summed E-state index contributed by atoms with van der Waals surface area (Å²) in [6.45, 7) is 0. The minimum atomic E-state index is -0.726. The average Bonchev–Trinajstić information content (AvgIpc) is 3.22. The molecule has 0 fully saturated rings. The molecule has 0 aliphatic heterocycles. The SMILES string of the molecule is COc1ccc(C[C@H](C(=O)Nc2ccc(F)cc2)c2nn[nH]n2)c(OC)c1. The van der Waals surface area contributed by atoms with Crippen LogP contribution in [0.4, 0.5) is 10.1 Å². The fraction of sp³-hybridized carbons (Fsp3) is 0.222. The van der Waals surface area contributed by atoms with E-state index in [0.29, 0.717) is 17.2 Å². The van der Waals surface area contributed by atoms with E-state index < -0.39 is 5.92 Å². The van der Waals surface area contributed by atoms with E-state index in [0.717, 1.165) is 5.56 Å². The first kappa shape index (κ1) is 18.3. The van der Waals surface area contributed by atoms with Crippen LogP contribution in [0.2, 0.25) is 0 Å². The van der Waals surface area contributed by atoms with Gasteiger partial charge in [0.25, 0.3) is 0 Å². The summed E-state index contributed by atoms with van der Waals surface area (Å²) in [6, 6.07) is 10.8. The van der Waals surface area contributed by atoms with Gasteiger partial charge in [0.05, 0.1) is 14.2 Å². The molecule has 0 radical (unpaired) electrons. The maximum atomic E-state index is 13.1. The van der Waals surface area contributed by atoms with Crippen molar-refractivity contribution in [3.63, 3.8) is 0 Å². The number of methoxy groups -OCH3 is 2. The first-order chi connectivity index (χ1) is 13.1. The number of carbonyl (C=O) groups excluding carboxylic acids is 1. The molecule has 0 spiro atoms. The van der Waals surface area contributed by atoms with E-state index in [1.807, 2.05) is 6.07 Å². The van der Waals surface area contributed by atoms with Gasteiger partial charge >= 0.3 is 0 Å². The molecule has 0 saturated carbocycles. The summed E-state index contributed by atoms with van der Waals surface area (Å²) >= 11 is 0. The summed E-state index contributed by atoms with van der Waals surface area (Å²) in [4.78, 5) is 12.8. The van der Waals surface area contributed by atoms with Gasteiger partial charge in [-0.05, 0) is 42.3 Å². The summed E-state index contributed by atoms with van der Waals surface area (Å²) in [5.74, 6) is 0.00930. The monoisotopic (exact) mass is 371 g/mol. The van der Waals surface area contributed by atoms with Crippen LogP contribution < -0.4 is 14.8 Å². The maximum Gasteiger partial charge on any atom is 0.235 e. The largest absolute Gasteiger partial charge is 0.497 e. The predicted molar refractivity (Wildman–Crippen MR) is 95.2 cm³/mol. The molecule has 0 unspecified atom stereocenters. The quantitative estimate of drug-likeness (QED) is 0.661. The zero-order valence-electron chi connectivity index (χ0n) is 14.8. The van der Waals surface area contributed by atoms with E-state index in [4.69, 9.17) is 9.47 Å². The van der Waals surface area contributed by atoms with Gasteiger partial charge in [-0.25, -0.2) is 4.39 Å². The zero-order chi connectivity index (χ0) is 19.2. The first-order valence-electron chi connectivity index (χ1n) is 8.11. The Morgan fingerprint density at radius 3 is 2.59 bits per heavy atom. The van der Waals surface area contributed by atoms with Crippen molar-refractivity contribution in [1.82, 2.24) is 20.6 Å². The zero-order valence-corrected chi connectivity index (χ0v) is 14.8. The van der Waals surface area contributed by atoms with Gasteiger partial charge in [0.15, 0.2) is 5.82 Å². The fourth-order valence-corrected chi connectivity index (χ4v) is 2.62. The van der Waals surface area contributed by atoms with Gasteiger partial charge in [-0.1, -0.05) is 11.3 Å². The van der Waals surface area contributed by atoms with Gasteiger partial charge in [-0.2, -0.15) is 5.21 Å². The molecular weight excluding hydrogens is 353 g/mol. The lowest BCUT2D eigenvalue weighted by Gasteiger charge is -2.16. The molecule has 1 atom stereocenters. The van der Waals surface area contributed by atoms with Gasteiger partial charge in [0.2, 0.25) is 5.91 Å². The van der Waals surface area contributed by atoms with Gasteiger partial charge in [-0.3, -0.25) is 4.79 Å². The van der Waals surface area contributed by atoms with Crippen LogP contribution in [-0.2, 0) is 11.2 Å². The van der Waals surface area contributed by atoms with Gasteiger partial charge < -0.3 is 14.8 Å². The molecule has 140 valence electrons. The Morgan fingerprint density at radius 2 is 1.96 bits per heavy atom. The normalized spacial score (nSPS) is 11.7. The Balaban J connectivity index is 1.86. The first-order valence-corrected chi connectivity index (χ1v) is 8.11. The fourth-order valence-electron chi connectivity index (χ4n) is 2.62. The minimum absolute atomic E-state index is 0.243. The molecule has 0 bridgehead atoms. The maximum absolute atomic E-state index is 13.1. The molecule has 3 aromatic rings. The summed E-state index contributed by atoms with van der Waals surface area (Å²) in [6.07, 6.45) is 0.278. The van der Waals surface area contributed by atoms with Crippen LogP contribution in [0.1, 0.15) is 17.3 Å². The Kier molecular flexibility index (Phi) is 5.60. The molecule has 0 aliphatic carbocycles.